The van der Waals surface area contributed by atoms with E-state index < -0.39 is 50.6 Å². The van der Waals surface area contributed by atoms with Crippen LogP contribution < -0.4 is 10.5 Å². The van der Waals surface area contributed by atoms with Gasteiger partial charge in [0.1, 0.15) is 12.4 Å². The Morgan fingerprint density at radius 1 is 1.34 bits per heavy atom. The van der Waals surface area contributed by atoms with Gasteiger partial charge in [0.05, 0.1) is 25.9 Å². The molecular formula is C25H30ClFN5O8P. The van der Waals surface area contributed by atoms with Crippen LogP contribution >= 0.6 is 19.4 Å². The summed E-state index contributed by atoms with van der Waals surface area (Å²) in [5.74, 6) is -0.655. The number of rotatable bonds is 9. The molecule has 13 nitrogen and oxygen atoms in total. The summed E-state index contributed by atoms with van der Waals surface area (Å²) in [6.07, 6.45) is -2.95. The molecule has 0 bridgehead atoms. The Morgan fingerprint density at radius 3 is 2.88 bits per heavy atom. The van der Waals surface area contributed by atoms with E-state index in [0.29, 0.717) is 17.0 Å². The van der Waals surface area contributed by atoms with Gasteiger partial charge in [0.2, 0.25) is 11.8 Å². The van der Waals surface area contributed by atoms with Crippen molar-refractivity contribution in [2.45, 2.75) is 63.8 Å². The molecule has 0 spiro atoms. The van der Waals surface area contributed by atoms with Crippen molar-refractivity contribution in [1.29, 1.82) is 0 Å². The third-order valence-corrected chi connectivity index (χ3v) is 8.39. The van der Waals surface area contributed by atoms with Crippen molar-refractivity contribution in [2.75, 3.05) is 25.6 Å². The molecule has 41 heavy (non-hydrogen) atoms. The van der Waals surface area contributed by atoms with E-state index in [1.54, 1.807) is 38.1 Å². The molecule has 4 heterocycles. The molecule has 222 valence electrons. The molecule has 2 aromatic heterocycles. The highest BCUT2D eigenvalue weighted by atomic mass is 35.5. The summed E-state index contributed by atoms with van der Waals surface area (Å²) in [6.45, 7) is 4.40. The summed E-state index contributed by atoms with van der Waals surface area (Å²) >= 11 is 6.10. The predicted octanol–water partition coefficient (Wildman–Crippen LogP) is 4.71. The first-order valence-corrected chi connectivity index (χ1v) is 14.9. The van der Waals surface area contributed by atoms with E-state index in [0.717, 1.165) is 0 Å². The molecule has 0 radical (unpaired) electrons. The highest BCUT2D eigenvalue weighted by molar-refractivity contribution is 7.48. The lowest BCUT2D eigenvalue weighted by Gasteiger charge is -2.30. The predicted molar refractivity (Wildman–Crippen MR) is 144 cm³/mol. The van der Waals surface area contributed by atoms with Gasteiger partial charge < -0.3 is 19.9 Å². The smallest absolute Gasteiger partial charge is 0.475 e. The average molecular weight is 614 g/mol. The lowest BCUT2D eigenvalue weighted by atomic mass is 9.98. The van der Waals surface area contributed by atoms with E-state index in [1.807, 2.05) is 0 Å². The van der Waals surface area contributed by atoms with Crippen LogP contribution in [-0.4, -0.2) is 63.2 Å². The van der Waals surface area contributed by atoms with Crippen molar-refractivity contribution < 1.29 is 41.5 Å². The molecule has 2 aliphatic heterocycles. The van der Waals surface area contributed by atoms with Gasteiger partial charge in [0, 0.05) is 17.9 Å². The van der Waals surface area contributed by atoms with Crippen LogP contribution in [0.5, 0.6) is 5.88 Å². The Labute approximate surface area is 240 Å². The van der Waals surface area contributed by atoms with Crippen LogP contribution in [0.2, 0.25) is 5.02 Å². The summed E-state index contributed by atoms with van der Waals surface area (Å²) in [4.78, 5) is 24.7. The fourth-order valence-electron chi connectivity index (χ4n) is 4.78. The van der Waals surface area contributed by atoms with Crippen LogP contribution in [0.1, 0.15) is 51.5 Å². The van der Waals surface area contributed by atoms with Crippen LogP contribution in [0.15, 0.2) is 30.6 Å². The number of esters is 1. The topological polar surface area (TPSA) is 159 Å². The summed E-state index contributed by atoms with van der Waals surface area (Å²) in [5, 5.41) is 0.495. The fourth-order valence-corrected chi connectivity index (χ4v) is 6.37. The molecule has 2 saturated heterocycles. The lowest BCUT2D eigenvalue weighted by molar-refractivity contribution is -0.158. The molecule has 0 unspecified atom stereocenters. The number of imidazole rings is 1. The summed E-state index contributed by atoms with van der Waals surface area (Å²) in [7, 11) is -4.11. The molecule has 3 aromatic rings. The van der Waals surface area contributed by atoms with Gasteiger partial charge >= 0.3 is 13.8 Å². The lowest BCUT2D eigenvalue weighted by Crippen LogP contribution is -2.44. The normalized spacial score (nSPS) is 30.0. The van der Waals surface area contributed by atoms with Gasteiger partial charge in [0.15, 0.2) is 29.2 Å². The third-order valence-electron chi connectivity index (χ3n) is 6.68. The minimum Gasteiger partial charge on any atom is -0.476 e. The first kappa shape index (κ1) is 29.6. The summed E-state index contributed by atoms with van der Waals surface area (Å²) in [5.41, 5.74) is 4.55. The molecule has 16 heteroatoms. The molecule has 0 saturated carbocycles. The number of carbonyl (C=O) groups is 1. The van der Waals surface area contributed by atoms with Gasteiger partial charge in [-0.05, 0) is 31.5 Å². The van der Waals surface area contributed by atoms with Crippen LogP contribution in [0.25, 0.3) is 11.2 Å². The number of nitrogen functional groups attached to an aromatic ring is 1. The van der Waals surface area contributed by atoms with Crippen molar-refractivity contribution in [3.05, 3.63) is 41.2 Å². The number of nitrogens with two attached hydrogens (primary N) is 1. The van der Waals surface area contributed by atoms with Crippen molar-refractivity contribution in [1.82, 2.24) is 19.5 Å². The van der Waals surface area contributed by atoms with Crippen LogP contribution in [0.4, 0.5) is 10.3 Å². The second kappa shape index (κ2) is 11.8. The zero-order chi connectivity index (χ0) is 29.4. The van der Waals surface area contributed by atoms with E-state index in [2.05, 4.69) is 15.0 Å². The summed E-state index contributed by atoms with van der Waals surface area (Å²) in [6, 6.07) is 6.95. The molecule has 5 rings (SSSR count). The average Bonchev–Trinajstić information content (AvgIpc) is 3.45. The van der Waals surface area contributed by atoms with Gasteiger partial charge in [-0.15, -0.1) is 0 Å². The number of halogens is 2. The fraction of sp³-hybridized carbons (Fsp3) is 0.520. The number of benzene rings is 1. The highest BCUT2D eigenvalue weighted by Crippen LogP contribution is 2.58. The number of fused-ring (bicyclic) bond motifs is 1. The van der Waals surface area contributed by atoms with E-state index in [9.17, 15) is 9.36 Å². The van der Waals surface area contributed by atoms with E-state index in [4.69, 9.17) is 45.1 Å². The van der Waals surface area contributed by atoms with Gasteiger partial charge in [-0.2, -0.15) is 9.97 Å². The first-order chi connectivity index (χ1) is 19.5. The minimum atomic E-state index is -4.11. The van der Waals surface area contributed by atoms with E-state index in [1.165, 1.54) is 17.8 Å². The van der Waals surface area contributed by atoms with Crippen molar-refractivity contribution in [3.8, 4) is 5.88 Å². The van der Waals surface area contributed by atoms with E-state index >= 15 is 4.39 Å². The number of ether oxygens (including phenoxy) is 3. The number of phosphoric ester groups is 1. The number of nitrogens with zero attached hydrogens (tertiary/aromatic N) is 4. The molecule has 0 aliphatic carbocycles. The molecule has 2 N–H and O–H groups in total. The SMILES string of the molecule is CCOc1nc(N)nc2ncn([C@@H]3O[C@H](CO[P@@]4(=O)OCC[C@@H](c5cccc(Cl)c5)O4)[C@@H](OC(=O)CC)[C@@]3(C)F)c12. The third kappa shape index (κ3) is 6.04. The second-order valence-corrected chi connectivity index (χ2v) is 11.7. The summed E-state index contributed by atoms with van der Waals surface area (Å²) < 4.78 is 65.2. The Hall–Kier alpha value is -2.87. The molecule has 2 fully saturated rings. The van der Waals surface area contributed by atoms with Gasteiger partial charge in [-0.1, -0.05) is 30.7 Å². The Morgan fingerprint density at radius 2 is 2.15 bits per heavy atom. The van der Waals surface area contributed by atoms with Gasteiger partial charge in [-0.3, -0.25) is 22.9 Å². The molecule has 1 aromatic carbocycles. The number of alkyl halides is 1. The van der Waals surface area contributed by atoms with Crippen molar-refractivity contribution in [3.63, 3.8) is 0 Å². The van der Waals surface area contributed by atoms with Gasteiger partial charge in [-0.25, -0.2) is 13.9 Å². The monoisotopic (exact) mass is 613 g/mol. The number of anilines is 1. The highest BCUT2D eigenvalue weighted by Gasteiger charge is 2.59. The number of hydrogen-bond donors (Lipinski definition) is 1. The minimum absolute atomic E-state index is 0.00747. The Bertz CT molecular complexity index is 1480. The van der Waals surface area contributed by atoms with Crippen LogP contribution in [0, 0.1) is 0 Å². The zero-order valence-electron chi connectivity index (χ0n) is 22.6. The second-order valence-electron chi connectivity index (χ2n) is 9.60. The Balaban J connectivity index is 1.41. The maximum Gasteiger partial charge on any atom is 0.475 e. The number of carbonyl (C=O) groups excluding carboxylic acids is 1. The molecular weight excluding hydrogens is 584 g/mol. The molecule has 2 aliphatic rings. The number of aromatic nitrogens is 4. The van der Waals surface area contributed by atoms with Crippen molar-refractivity contribution in [2.24, 2.45) is 0 Å². The zero-order valence-corrected chi connectivity index (χ0v) is 24.2. The first-order valence-electron chi connectivity index (χ1n) is 13.0. The Kier molecular flexibility index (Phi) is 8.51. The maximum atomic E-state index is 16.6. The number of phosphoric acid groups is 1. The van der Waals surface area contributed by atoms with Crippen LogP contribution in [0.3, 0.4) is 0 Å². The molecule has 6 atom stereocenters. The standard InChI is InChI=1S/C25H30ClFN5O8P/c1-4-18(33)39-20-17(12-37-41(34)36-10-9-16(40-41)14-7-6-8-15(26)11-14)38-23(25(20,3)27)32-13-29-21-19(32)22(35-5-2)31-24(28)30-21/h6-8,11,13,16-17,20,23H,4-5,9-10,12H2,1-3H3,(H2,28,30,31)/t16-,17+,20+,23+,25+,41+/m0/s1. The largest absolute Gasteiger partial charge is 0.476 e. The maximum absolute atomic E-state index is 16.6. The van der Waals surface area contributed by atoms with E-state index in [-0.39, 0.29) is 42.6 Å². The van der Waals surface area contributed by atoms with Crippen molar-refractivity contribution >= 4 is 42.5 Å². The van der Waals surface area contributed by atoms with Crippen LogP contribution in [-0.2, 0) is 32.4 Å². The quantitative estimate of drug-likeness (QED) is 0.262. The number of hydrogen-bond acceptors (Lipinski definition) is 12. The van der Waals surface area contributed by atoms with Gasteiger partial charge in [0.25, 0.3) is 0 Å². The molecule has 0 amide bonds.